The minimum atomic E-state index is 0.706. The summed E-state index contributed by atoms with van der Waals surface area (Å²) in [6, 6.07) is 1.58. The molecule has 3 nitrogen and oxygen atoms in total. The molecule has 0 saturated carbocycles. The fraction of sp³-hybridized carbons (Fsp3) is 1.00. The summed E-state index contributed by atoms with van der Waals surface area (Å²) in [7, 11) is 2.33. The lowest BCUT2D eigenvalue weighted by atomic mass is 9.84. The first-order chi connectivity index (χ1) is 9.74. The molecule has 2 rings (SSSR count). The molecule has 0 radical (unpaired) electrons. The summed E-state index contributed by atoms with van der Waals surface area (Å²) in [5, 5.41) is 3.75. The molecule has 3 heteroatoms. The van der Waals surface area contributed by atoms with Gasteiger partial charge in [-0.15, -0.1) is 0 Å². The minimum absolute atomic E-state index is 0.706. The zero-order valence-corrected chi connectivity index (χ0v) is 13.9. The van der Waals surface area contributed by atoms with Gasteiger partial charge in [-0.2, -0.15) is 0 Å². The van der Waals surface area contributed by atoms with Crippen LogP contribution in [-0.2, 0) is 0 Å². The maximum atomic E-state index is 3.75. The molecule has 0 aliphatic carbocycles. The molecule has 3 atom stereocenters. The lowest BCUT2D eigenvalue weighted by molar-refractivity contribution is 0.0345. The van der Waals surface area contributed by atoms with Gasteiger partial charge in [-0.25, -0.2) is 0 Å². The zero-order chi connectivity index (χ0) is 14.4. The van der Waals surface area contributed by atoms with E-state index in [0.29, 0.717) is 6.04 Å². The quantitative estimate of drug-likeness (QED) is 0.774. The van der Waals surface area contributed by atoms with E-state index in [0.717, 1.165) is 12.0 Å². The smallest absolute Gasteiger partial charge is 0.0194 e. The molecule has 118 valence electrons. The van der Waals surface area contributed by atoms with Crippen LogP contribution in [-0.4, -0.2) is 61.7 Å². The summed E-state index contributed by atoms with van der Waals surface area (Å²) in [6.45, 7) is 11.0. The third-order valence-corrected chi connectivity index (χ3v) is 5.23. The van der Waals surface area contributed by atoms with Crippen LogP contribution in [0.4, 0.5) is 0 Å². The van der Waals surface area contributed by atoms with Crippen molar-refractivity contribution in [3.05, 3.63) is 0 Å². The lowest BCUT2D eigenvalue weighted by Crippen LogP contribution is -2.54. The molecule has 2 aliphatic rings. The summed E-state index contributed by atoms with van der Waals surface area (Å²) in [4.78, 5) is 5.35. The van der Waals surface area contributed by atoms with Gasteiger partial charge in [-0.1, -0.05) is 20.3 Å². The predicted octanol–water partition coefficient (Wildman–Crippen LogP) is 2.57. The Morgan fingerprint density at radius 2 is 2.00 bits per heavy atom. The van der Waals surface area contributed by atoms with Crippen molar-refractivity contribution in [1.29, 1.82) is 0 Å². The van der Waals surface area contributed by atoms with Crippen molar-refractivity contribution in [3.8, 4) is 0 Å². The molecule has 20 heavy (non-hydrogen) atoms. The first kappa shape index (κ1) is 16.3. The molecule has 0 aromatic heterocycles. The SMILES string of the molecule is CCCNC(CCC)CN1CCC2C(CCCN2C)C1. The number of likely N-dealkylation sites (tertiary alicyclic amines) is 2. The first-order valence-corrected chi connectivity index (χ1v) is 8.90. The highest BCUT2D eigenvalue weighted by Crippen LogP contribution is 2.29. The van der Waals surface area contributed by atoms with Gasteiger partial charge in [0.15, 0.2) is 0 Å². The Bertz CT molecular complexity index is 269. The van der Waals surface area contributed by atoms with Crippen molar-refractivity contribution in [3.63, 3.8) is 0 Å². The molecule has 2 saturated heterocycles. The monoisotopic (exact) mass is 281 g/mol. The fourth-order valence-electron chi connectivity index (χ4n) is 4.16. The fourth-order valence-corrected chi connectivity index (χ4v) is 4.16. The second-order valence-electron chi connectivity index (χ2n) is 6.94. The number of hydrogen-bond donors (Lipinski definition) is 1. The van der Waals surface area contributed by atoms with Crippen molar-refractivity contribution >= 4 is 0 Å². The molecule has 2 heterocycles. The van der Waals surface area contributed by atoms with Gasteiger partial charge >= 0.3 is 0 Å². The number of nitrogens with zero attached hydrogens (tertiary/aromatic N) is 2. The van der Waals surface area contributed by atoms with Gasteiger partial charge in [0.25, 0.3) is 0 Å². The van der Waals surface area contributed by atoms with E-state index in [-0.39, 0.29) is 0 Å². The summed E-state index contributed by atoms with van der Waals surface area (Å²) in [6.07, 6.45) is 8.10. The normalized spacial score (nSPS) is 30.1. The van der Waals surface area contributed by atoms with Crippen LogP contribution in [0.1, 0.15) is 52.4 Å². The highest BCUT2D eigenvalue weighted by molar-refractivity contribution is 4.90. The van der Waals surface area contributed by atoms with Crippen LogP contribution in [0, 0.1) is 5.92 Å². The van der Waals surface area contributed by atoms with Gasteiger partial charge in [0.05, 0.1) is 0 Å². The average Bonchev–Trinajstić information content (AvgIpc) is 2.45. The molecular formula is C17H35N3. The van der Waals surface area contributed by atoms with Gasteiger partial charge in [0, 0.05) is 25.2 Å². The predicted molar refractivity (Wildman–Crippen MR) is 87.2 cm³/mol. The van der Waals surface area contributed by atoms with Crippen molar-refractivity contribution in [2.45, 2.75) is 64.5 Å². The summed E-state index contributed by atoms with van der Waals surface area (Å²) in [5.74, 6) is 0.927. The Labute approximate surface area is 126 Å². The van der Waals surface area contributed by atoms with Gasteiger partial charge < -0.3 is 15.1 Å². The number of piperidine rings is 2. The number of nitrogens with one attached hydrogen (secondary N) is 1. The Kier molecular flexibility index (Phi) is 6.79. The van der Waals surface area contributed by atoms with E-state index in [9.17, 15) is 0 Å². The zero-order valence-electron chi connectivity index (χ0n) is 13.9. The summed E-state index contributed by atoms with van der Waals surface area (Å²) < 4.78 is 0. The van der Waals surface area contributed by atoms with Crippen LogP contribution in [0.5, 0.6) is 0 Å². The number of fused-ring (bicyclic) bond motifs is 1. The Morgan fingerprint density at radius 3 is 2.75 bits per heavy atom. The summed E-state index contributed by atoms with van der Waals surface area (Å²) in [5.41, 5.74) is 0. The lowest BCUT2D eigenvalue weighted by Gasteiger charge is -2.46. The van der Waals surface area contributed by atoms with Crippen LogP contribution in [0.25, 0.3) is 0 Å². The van der Waals surface area contributed by atoms with Crippen molar-refractivity contribution in [2.24, 2.45) is 5.92 Å². The van der Waals surface area contributed by atoms with E-state index in [1.807, 2.05) is 0 Å². The molecule has 0 amide bonds. The third-order valence-electron chi connectivity index (χ3n) is 5.23. The highest BCUT2D eigenvalue weighted by Gasteiger charge is 2.34. The van der Waals surface area contributed by atoms with Crippen LogP contribution in [0.2, 0.25) is 0 Å². The molecule has 2 fully saturated rings. The van der Waals surface area contributed by atoms with Gasteiger partial charge in [-0.05, 0) is 64.7 Å². The average molecular weight is 281 g/mol. The van der Waals surface area contributed by atoms with E-state index >= 15 is 0 Å². The minimum Gasteiger partial charge on any atom is -0.313 e. The van der Waals surface area contributed by atoms with E-state index in [1.165, 1.54) is 71.2 Å². The Balaban J connectivity index is 1.80. The Morgan fingerprint density at radius 1 is 1.15 bits per heavy atom. The Hall–Kier alpha value is -0.120. The van der Waals surface area contributed by atoms with Crippen LogP contribution >= 0.6 is 0 Å². The van der Waals surface area contributed by atoms with Crippen molar-refractivity contribution < 1.29 is 0 Å². The topological polar surface area (TPSA) is 18.5 Å². The molecule has 1 N–H and O–H groups in total. The van der Waals surface area contributed by atoms with Crippen molar-refractivity contribution in [2.75, 3.05) is 39.8 Å². The molecule has 0 aromatic carbocycles. The third kappa shape index (κ3) is 4.44. The van der Waals surface area contributed by atoms with E-state index < -0.39 is 0 Å². The number of hydrogen-bond acceptors (Lipinski definition) is 3. The van der Waals surface area contributed by atoms with Crippen LogP contribution in [0.15, 0.2) is 0 Å². The molecular weight excluding hydrogens is 246 g/mol. The van der Waals surface area contributed by atoms with Gasteiger partial charge in [0.1, 0.15) is 0 Å². The van der Waals surface area contributed by atoms with E-state index in [2.05, 4.69) is 36.0 Å². The molecule has 0 spiro atoms. The second-order valence-corrected chi connectivity index (χ2v) is 6.94. The van der Waals surface area contributed by atoms with Crippen molar-refractivity contribution in [1.82, 2.24) is 15.1 Å². The maximum absolute atomic E-state index is 3.75. The molecule has 3 unspecified atom stereocenters. The maximum Gasteiger partial charge on any atom is 0.0194 e. The van der Waals surface area contributed by atoms with Crippen LogP contribution in [0.3, 0.4) is 0 Å². The number of rotatable bonds is 7. The van der Waals surface area contributed by atoms with Gasteiger partial charge in [-0.3, -0.25) is 0 Å². The first-order valence-electron chi connectivity index (χ1n) is 8.90. The summed E-state index contributed by atoms with van der Waals surface area (Å²) >= 11 is 0. The van der Waals surface area contributed by atoms with Gasteiger partial charge in [0.2, 0.25) is 0 Å². The van der Waals surface area contributed by atoms with Crippen LogP contribution < -0.4 is 5.32 Å². The molecule has 0 aromatic rings. The standard InChI is InChI=1S/C17H35N3/c1-4-7-16(18-10-5-2)14-20-12-9-17-15(13-20)8-6-11-19(17)3/h15-18H,4-14H2,1-3H3. The highest BCUT2D eigenvalue weighted by atomic mass is 15.2. The van der Waals surface area contributed by atoms with E-state index in [4.69, 9.17) is 0 Å². The molecule has 2 aliphatic heterocycles. The second kappa shape index (κ2) is 8.35. The molecule has 0 bridgehead atoms. The largest absolute Gasteiger partial charge is 0.313 e. The van der Waals surface area contributed by atoms with E-state index in [1.54, 1.807) is 0 Å².